The van der Waals surface area contributed by atoms with Gasteiger partial charge in [0, 0.05) is 24.3 Å². The van der Waals surface area contributed by atoms with E-state index in [1.54, 1.807) is 25.1 Å². The van der Waals surface area contributed by atoms with Crippen LogP contribution in [0, 0.1) is 13.8 Å². The Morgan fingerprint density at radius 3 is 2.03 bits per heavy atom. The highest BCUT2D eigenvalue weighted by Crippen LogP contribution is 2.24. The second-order valence-corrected chi connectivity index (χ2v) is 12.8. The Labute approximate surface area is 218 Å². The molecule has 8 nitrogen and oxygen atoms in total. The molecule has 1 fully saturated rings. The van der Waals surface area contributed by atoms with Crippen molar-refractivity contribution < 1.29 is 21.6 Å². The topological polar surface area (TPSA) is 113 Å². The summed E-state index contributed by atoms with van der Waals surface area (Å²) in [6.45, 7) is 4.51. The van der Waals surface area contributed by atoms with Crippen LogP contribution in [0.15, 0.2) is 76.5 Å². The molecule has 0 atom stereocenters. The lowest BCUT2D eigenvalue weighted by Gasteiger charge is -2.20. The average molecular weight is 542 g/mol. The number of hydrogen-bond donors (Lipinski definition) is 2. The zero-order chi connectivity index (χ0) is 26.6. The molecule has 0 radical (unpaired) electrons. The Balaban J connectivity index is 1.51. The maximum Gasteiger partial charge on any atom is 0.261 e. The Bertz CT molecular complexity index is 1490. The number of benzene rings is 3. The lowest BCUT2D eigenvalue weighted by atomic mass is 10.1. The maximum atomic E-state index is 13.2. The van der Waals surface area contributed by atoms with Gasteiger partial charge in [-0.1, -0.05) is 37.1 Å². The molecule has 1 heterocycles. The summed E-state index contributed by atoms with van der Waals surface area (Å²) < 4.78 is 56.0. The van der Waals surface area contributed by atoms with Crippen molar-refractivity contribution in [1.82, 2.24) is 4.31 Å². The summed E-state index contributed by atoms with van der Waals surface area (Å²) in [4.78, 5) is 13.2. The lowest BCUT2D eigenvalue weighted by molar-refractivity contribution is 0.102. The summed E-state index contributed by atoms with van der Waals surface area (Å²) in [7, 11) is -7.51. The standard InChI is InChI=1S/C27H31N3O5S2/c1-20-11-14-24(37(34,35)30-17-7-3-4-8-18-30)19-25(20)27(31)28-22-12-15-23(16-13-22)36(32,33)29-26-10-6-5-9-21(26)2/h5-6,9-16,19,29H,3-4,7-8,17-18H2,1-2H3,(H,28,31). The van der Waals surface area contributed by atoms with E-state index < -0.39 is 26.0 Å². The molecule has 196 valence electrons. The number of carbonyl (C=O) groups excluding carboxylic acids is 1. The van der Waals surface area contributed by atoms with Crippen molar-refractivity contribution in [3.05, 3.63) is 83.4 Å². The number of aryl methyl sites for hydroxylation is 2. The van der Waals surface area contributed by atoms with Crippen LogP contribution in [-0.4, -0.2) is 40.1 Å². The summed E-state index contributed by atoms with van der Waals surface area (Å²) in [6, 6.07) is 17.5. The highest BCUT2D eigenvalue weighted by molar-refractivity contribution is 7.92. The summed E-state index contributed by atoms with van der Waals surface area (Å²) in [5.41, 5.74) is 2.55. The van der Waals surface area contributed by atoms with Gasteiger partial charge in [0.2, 0.25) is 10.0 Å². The molecular weight excluding hydrogens is 510 g/mol. The SMILES string of the molecule is Cc1ccccc1NS(=O)(=O)c1ccc(NC(=O)c2cc(S(=O)(=O)N3CCCCCC3)ccc2C)cc1. The van der Waals surface area contributed by atoms with Gasteiger partial charge >= 0.3 is 0 Å². The van der Waals surface area contributed by atoms with Gasteiger partial charge in [-0.3, -0.25) is 9.52 Å². The molecule has 2 N–H and O–H groups in total. The van der Waals surface area contributed by atoms with Crippen molar-refractivity contribution >= 4 is 37.3 Å². The van der Waals surface area contributed by atoms with Crippen LogP contribution < -0.4 is 10.0 Å². The second kappa shape index (κ2) is 11.0. The molecule has 3 aromatic rings. The highest BCUT2D eigenvalue weighted by Gasteiger charge is 2.26. The van der Waals surface area contributed by atoms with Gasteiger partial charge in [-0.25, -0.2) is 16.8 Å². The molecule has 10 heteroatoms. The number of nitrogens with zero attached hydrogens (tertiary/aromatic N) is 1. The number of nitrogens with one attached hydrogen (secondary N) is 2. The molecule has 4 rings (SSSR count). The van der Waals surface area contributed by atoms with Crippen LogP contribution in [0.3, 0.4) is 0 Å². The van der Waals surface area contributed by atoms with Gasteiger partial charge in [-0.15, -0.1) is 0 Å². The number of amides is 1. The van der Waals surface area contributed by atoms with Crippen molar-refractivity contribution in [3.8, 4) is 0 Å². The number of hydrogen-bond acceptors (Lipinski definition) is 5. The zero-order valence-electron chi connectivity index (χ0n) is 20.9. The Hall–Kier alpha value is -3.21. The maximum absolute atomic E-state index is 13.2. The summed E-state index contributed by atoms with van der Waals surface area (Å²) in [5.74, 6) is -0.473. The van der Waals surface area contributed by atoms with E-state index in [0.29, 0.717) is 30.0 Å². The quantitative estimate of drug-likeness (QED) is 0.441. The van der Waals surface area contributed by atoms with Gasteiger partial charge < -0.3 is 5.32 Å². The van der Waals surface area contributed by atoms with E-state index in [-0.39, 0.29) is 15.4 Å². The number of rotatable bonds is 7. The largest absolute Gasteiger partial charge is 0.322 e. The van der Waals surface area contributed by atoms with Crippen molar-refractivity contribution in [2.45, 2.75) is 49.3 Å². The molecule has 37 heavy (non-hydrogen) atoms. The van der Waals surface area contributed by atoms with E-state index in [2.05, 4.69) is 10.0 Å². The Morgan fingerprint density at radius 1 is 0.757 bits per heavy atom. The first kappa shape index (κ1) is 26.8. The van der Waals surface area contributed by atoms with Crippen LogP contribution >= 0.6 is 0 Å². The van der Waals surface area contributed by atoms with Crippen molar-refractivity contribution in [1.29, 1.82) is 0 Å². The van der Waals surface area contributed by atoms with E-state index in [1.165, 1.54) is 40.7 Å². The zero-order valence-corrected chi connectivity index (χ0v) is 22.5. The van der Waals surface area contributed by atoms with Crippen molar-refractivity contribution in [2.24, 2.45) is 0 Å². The molecule has 0 aliphatic carbocycles. The number of anilines is 2. The minimum absolute atomic E-state index is 0.0514. The molecule has 0 bridgehead atoms. The summed E-state index contributed by atoms with van der Waals surface area (Å²) in [6.07, 6.45) is 3.67. The third-order valence-electron chi connectivity index (χ3n) is 6.47. The van der Waals surface area contributed by atoms with Crippen LogP contribution in [0.2, 0.25) is 0 Å². The molecule has 0 spiro atoms. The van der Waals surface area contributed by atoms with Crippen molar-refractivity contribution in [3.63, 3.8) is 0 Å². The van der Waals surface area contributed by atoms with Crippen LogP contribution in [0.4, 0.5) is 11.4 Å². The van der Waals surface area contributed by atoms with Gasteiger partial charge in [-0.2, -0.15) is 4.31 Å². The van der Waals surface area contributed by atoms with Crippen LogP contribution in [-0.2, 0) is 20.0 Å². The number of sulfonamides is 2. The second-order valence-electron chi connectivity index (χ2n) is 9.19. The molecule has 1 aliphatic rings. The lowest BCUT2D eigenvalue weighted by Crippen LogP contribution is -2.32. The predicted molar refractivity (Wildman–Crippen MR) is 145 cm³/mol. The third kappa shape index (κ3) is 6.20. The van der Waals surface area contributed by atoms with Crippen LogP contribution in [0.25, 0.3) is 0 Å². The van der Waals surface area contributed by atoms with Gasteiger partial charge in [0.1, 0.15) is 0 Å². The van der Waals surface area contributed by atoms with Gasteiger partial charge in [-0.05, 0) is 80.3 Å². The first-order valence-electron chi connectivity index (χ1n) is 12.2. The summed E-state index contributed by atoms with van der Waals surface area (Å²) >= 11 is 0. The van der Waals surface area contributed by atoms with Gasteiger partial charge in [0.05, 0.1) is 15.5 Å². The third-order valence-corrected chi connectivity index (χ3v) is 9.74. The molecule has 0 aromatic heterocycles. The van der Waals surface area contributed by atoms with E-state index in [9.17, 15) is 21.6 Å². The first-order chi connectivity index (χ1) is 17.6. The normalized spacial score (nSPS) is 15.1. The number of carbonyl (C=O) groups is 1. The van der Waals surface area contributed by atoms with Crippen molar-refractivity contribution in [2.75, 3.05) is 23.1 Å². The van der Waals surface area contributed by atoms with Crippen LogP contribution in [0.1, 0.15) is 47.2 Å². The smallest absolute Gasteiger partial charge is 0.261 e. The Morgan fingerprint density at radius 2 is 1.38 bits per heavy atom. The fourth-order valence-corrected chi connectivity index (χ4v) is 6.92. The Kier molecular flexibility index (Phi) is 8.01. The van der Waals surface area contributed by atoms with Gasteiger partial charge in [0.15, 0.2) is 0 Å². The molecule has 0 saturated carbocycles. The monoisotopic (exact) mass is 541 g/mol. The number of para-hydroxylation sites is 1. The van der Waals surface area contributed by atoms with Gasteiger partial charge in [0.25, 0.3) is 15.9 Å². The van der Waals surface area contributed by atoms with Crippen LogP contribution in [0.5, 0.6) is 0 Å². The van der Waals surface area contributed by atoms with E-state index in [1.807, 2.05) is 19.1 Å². The van der Waals surface area contributed by atoms with E-state index in [0.717, 1.165) is 31.2 Å². The minimum atomic E-state index is -3.81. The molecule has 0 unspecified atom stereocenters. The summed E-state index contributed by atoms with van der Waals surface area (Å²) in [5, 5.41) is 2.74. The molecule has 3 aromatic carbocycles. The molecule has 1 aliphatic heterocycles. The molecular formula is C27H31N3O5S2. The fraction of sp³-hybridized carbons (Fsp3) is 0.296. The van der Waals surface area contributed by atoms with E-state index in [4.69, 9.17) is 0 Å². The minimum Gasteiger partial charge on any atom is -0.322 e. The average Bonchev–Trinajstić information content (AvgIpc) is 3.16. The first-order valence-corrected chi connectivity index (χ1v) is 15.1. The highest BCUT2D eigenvalue weighted by atomic mass is 32.2. The molecule has 1 amide bonds. The van der Waals surface area contributed by atoms with E-state index >= 15 is 0 Å². The predicted octanol–water partition coefficient (Wildman–Crippen LogP) is 4.92. The molecule has 1 saturated heterocycles. The fourth-order valence-electron chi connectivity index (χ4n) is 4.24.